The van der Waals surface area contributed by atoms with Gasteiger partial charge in [0.15, 0.2) is 0 Å². The molecule has 4 nitrogen and oxygen atoms in total. The van der Waals surface area contributed by atoms with Gasteiger partial charge in [-0.05, 0) is 38.0 Å². The topological polar surface area (TPSA) is 52.6 Å². The lowest BCUT2D eigenvalue weighted by molar-refractivity contribution is -0.163. The molecule has 1 aliphatic carbocycles. The van der Waals surface area contributed by atoms with Crippen LogP contribution in [0.3, 0.4) is 0 Å². The SMILES string of the molecule is CCCCCCOC(=O)C1CCCCC1C(=O)OCC(CCC)CCCCC. The molecule has 0 aromatic carbocycles. The van der Waals surface area contributed by atoms with Crippen LogP contribution in [0.2, 0.25) is 0 Å². The number of esters is 2. The van der Waals surface area contributed by atoms with Crippen molar-refractivity contribution in [3.63, 3.8) is 0 Å². The van der Waals surface area contributed by atoms with Crippen LogP contribution in [0.1, 0.15) is 111 Å². The first kappa shape index (κ1) is 25.0. The molecule has 28 heavy (non-hydrogen) atoms. The Morgan fingerprint density at radius 1 is 0.750 bits per heavy atom. The zero-order valence-corrected chi connectivity index (χ0v) is 18.7. The second-order valence-corrected chi connectivity index (χ2v) is 8.51. The highest BCUT2D eigenvalue weighted by molar-refractivity contribution is 5.82. The molecule has 0 aromatic rings. The molecule has 1 aliphatic rings. The molecule has 164 valence electrons. The van der Waals surface area contributed by atoms with Gasteiger partial charge in [0.2, 0.25) is 0 Å². The van der Waals surface area contributed by atoms with E-state index < -0.39 is 0 Å². The largest absolute Gasteiger partial charge is 0.465 e. The molecule has 0 aliphatic heterocycles. The predicted octanol–water partition coefficient (Wildman–Crippen LogP) is 6.46. The summed E-state index contributed by atoms with van der Waals surface area (Å²) in [7, 11) is 0. The summed E-state index contributed by atoms with van der Waals surface area (Å²) in [6.45, 7) is 7.54. The summed E-state index contributed by atoms with van der Waals surface area (Å²) in [5.74, 6) is -0.532. The second-order valence-electron chi connectivity index (χ2n) is 8.51. The van der Waals surface area contributed by atoms with Gasteiger partial charge in [-0.1, -0.05) is 78.6 Å². The van der Waals surface area contributed by atoms with E-state index in [1.54, 1.807) is 0 Å². The van der Waals surface area contributed by atoms with E-state index in [2.05, 4.69) is 20.8 Å². The van der Waals surface area contributed by atoms with Crippen molar-refractivity contribution in [1.29, 1.82) is 0 Å². The second kappa shape index (κ2) is 15.8. The van der Waals surface area contributed by atoms with Crippen LogP contribution in [0.4, 0.5) is 0 Å². The predicted molar refractivity (Wildman–Crippen MR) is 114 cm³/mol. The van der Waals surface area contributed by atoms with Gasteiger partial charge in [0.25, 0.3) is 0 Å². The van der Waals surface area contributed by atoms with Crippen LogP contribution in [0.15, 0.2) is 0 Å². The summed E-state index contributed by atoms with van der Waals surface area (Å²) in [6, 6.07) is 0. The van der Waals surface area contributed by atoms with Crippen LogP contribution < -0.4 is 0 Å². The molecule has 0 saturated heterocycles. The summed E-state index contributed by atoms with van der Waals surface area (Å²) in [6.07, 6.45) is 14.8. The molecule has 0 bridgehead atoms. The summed E-state index contributed by atoms with van der Waals surface area (Å²) in [5, 5.41) is 0. The van der Waals surface area contributed by atoms with Gasteiger partial charge < -0.3 is 9.47 Å². The number of carbonyl (C=O) groups is 2. The van der Waals surface area contributed by atoms with Crippen molar-refractivity contribution in [1.82, 2.24) is 0 Å². The minimum absolute atomic E-state index is 0.177. The molecule has 1 rings (SSSR count). The summed E-state index contributed by atoms with van der Waals surface area (Å²) < 4.78 is 11.2. The fourth-order valence-electron chi connectivity index (χ4n) is 4.21. The average molecular weight is 397 g/mol. The molecular formula is C24H44O4. The maximum absolute atomic E-state index is 12.7. The quantitative estimate of drug-likeness (QED) is 0.235. The Balaban J connectivity index is 2.47. The van der Waals surface area contributed by atoms with Gasteiger partial charge in [-0.15, -0.1) is 0 Å². The first-order valence-electron chi connectivity index (χ1n) is 12.0. The Morgan fingerprint density at radius 3 is 1.96 bits per heavy atom. The fraction of sp³-hybridized carbons (Fsp3) is 0.917. The van der Waals surface area contributed by atoms with E-state index in [-0.39, 0.29) is 23.8 Å². The van der Waals surface area contributed by atoms with E-state index in [4.69, 9.17) is 9.47 Å². The fourth-order valence-corrected chi connectivity index (χ4v) is 4.21. The molecule has 0 N–H and O–H groups in total. The molecule has 3 atom stereocenters. The van der Waals surface area contributed by atoms with Crippen molar-refractivity contribution in [2.24, 2.45) is 17.8 Å². The highest BCUT2D eigenvalue weighted by atomic mass is 16.5. The smallest absolute Gasteiger partial charge is 0.309 e. The highest BCUT2D eigenvalue weighted by Crippen LogP contribution is 2.32. The molecule has 1 fully saturated rings. The molecule has 0 amide bonds. The molecule has 3 unspecified atom stereocenters. The lowest BCUT2D eigenvalue weighted by atomic mass is 9.79. The van der Waals surface area contributed by atoms with Crippen molar-refractivity contribution >= 4 is 11.9 Å². The van der Waals surface area contributed by atoms with Crippen LogP contribution in [0.25, 0.3) is 0 Å². The van der Waals surface area contributed by atoms with Gasteiger partial charge in [0, 0.05) is 0 Å². The van der Waals surface area contributed by atoms with E-state index in [1.165, 1.54) is 32.1 Å². The Morgan fingerprint density at radius 2 is 1.36 bits per heavy atom. The Bertz CT molecular complexity index is 421. The number of unbranched alkanes of at least 4 members (excludes halogenated alkanes) is 5. The maximum Gasteiger partial charge on any atom is 0.309 e. The first-order valence-corrected chi connectivity index (χ1v) is 12.0. The number of carbonyl (C=O) groups excluding carboxylic acids is 2. The van der Waals surface area contributed by atoms with E-state index in [9.17, 15) is 9.59 Å². The van der Waals surface area contributed by atoms with Crippen LogP contribution in [0.5, 0.6) is 0 Å². The summed E-state index contributed by atoms with van der Waals surface area (Å²) in [5.41, 5.74) is 0. The van der Waals surface area contributed by atoms with E-state index >= 15 is 0 Å². The van der Waals surface area contributed by atoms with E-state index in [0.29, 0.717) is 19.1 Å². The van der Waals surface area contributed by atoms with E-state index in [0.717, 1.165) is 57.8 Å². The Labute approximate surface area is 173 Å². The maximum atomic E-state index is 12.7. The number of ether oxygens (including phenoxy) is 2. The third-order valence-electron chi connectivity index (χ3n) is 5.99. The third-order valence-corrected chi connectivity index (χ3v) is 5.99. The van der Waals surface area contributed by atoms with Crippen molar-refractivity contribution in [3.05, 3.63) is 0 Å². The summed E-state index contributed by atoms with van der Waals surface area (Å²) in [4.78, 5) is 25.3. The number of rotatable bonds is 15. The normalized spacial score (nSPS) is 20.5. The van der Waals surface area contributed by atoms with E-state index in [1.807, 2.05) is 0 Å². The van der Waals surface area contributed by atoms with Gasteiger partial charge in [-0.3, -0.25) is 9.59 Å². The minimum Gasteiger partial charge on any atom is -0.465 e. The highest BCUT2D eigenvalue weighted by Gasteiger charge is 2.38. The Hall–Kier alpha value is -1.06. The van der Waals surface area contributed by atoms with Gasteiger partial charge in [-0.2, -0.15) is 0 Å². The minimum atomic E-state index is -0.310. The molecular weight excluding hydrogens is 352 g/mol. The first-order chi connectivity index (χ1) is 13.6. The molecule has 0 heterocycles. The zero-order chi connectivity index (χ0) is 20.6. The van der Waals surface area contributed by atoms with Crippen LogP contribution in [-0.4, -0.2) is 25.2 Å². The van der Waals surface area contributed by atoms with Crippen molar-refractivity contribution in [2.45, 2.75) is 111 Å². The molecule has 0 spiro atoms. The Kier molecular flexibility index (Phi) is 14.1. The lowest BCUT2D eigenvalue weighted by Gasteiger charge is -2.29. The van der Waals surface area contributed by atoms with Gasteiger partial charge >= 0.3 is 11.9 Å². The van der Waals surface area contributed by atoms with Crippen molar-refractivity contribution in [3.8, 4) is 0 Å². The van der Waals surface area contributed by atoms with Crippen LogP contribution >= 0.6 is 0 Å². The zero-order valence-electron chi connectivity index (χ0n) is 18.7. The lowest BCUT2D eigenvalue weighted by Crippen LogP contribution is -2.35. The number of hydrogen-bond donors (Lipinski definition) is 0. The van der Waals surface area contributed by atoms with Gasteiger partial charge in [0.05, 0.1) is 25.0 Å². The summed E-state index contributed by atoms with van der Waals surface area (Å²) >= 11 is 0. The van der Waals surface area contributed by atoms with Crippen molar-refractivity contribution in [2.75, 3.05) is 13.2 Å². The number of hydrogen-bond acceptors (Lipinski definition) is 4. The van der Waals surface area contributed by atoms with Gasteiger partial charge in [0.1, 0.15) is 0 Å². The van der Waals surface area contributed by atoms with Gasteiger partial charge in [-0.25, -0.2) is 0 Å². The molecule has 0 aromatic heterocycles. The molecule has 4 heteroatoms. The average Bonchev–Trinajstić information content (AvgIpc) is 2.71. The van der Waals surface area contributed by atoms with Crippen molar-refractivity contribution < 1.29 is 19.1 Å². The molecule has 1 saturated carbocycles. The van der Waals surface area contributed by atoms with Crippen LogP contribution in [0, 0.1) is 17.8 Å². The third kappa shape index (κ3) is 9.93. The molecule has 0 radical (unpaired) electrons. The van der Waals surface area contributed by atoms with Crippen LogP contribution in [-0.2, 0) is 19.1 Å². The monoisotopic (exact) mass is 396 g/mol. The standard InChI is InChI=1S/C24H44O4/c1-4-7-9-13-18-27-23(25)21-16-11-12-17-22(21)24(26)28-19-20(14-6-3)15-10-8-5-2/h20-22H,4-19H2,1-3H3.